The van der Waals surface area contributed by atoms with E-state index in [-0.39, 0.29) is 17.9 Å². The quantitative estimate of drug-likeness (QED) is 0.892. The summed E-state index contributed by atoms with van der Waals surface area (Å²) in [5.74, 6) is 0.321. The van der Waals surface area contributed by atoms with Crippen LogP contribution in [-0.2, 0) is 4.79 Å². The van der Waals surface area contributed by atoms with Crippen LogP contribution >= 0.6 is 0 Å². The maximum absolute atomic E-state index is 11.9. The number of amides is 1. The van der Waals surface area contributed by atoms with Crippen LogP contribution in [0.2, 0.25) is 0 Å². The van der Waals surface area contributed by atoms with Crippen molar-refractivity contribution in [2.75, 3.05) is 0 Å². The molecule has 19 heavy (non-hydrogen) atoms. The van der Waals surface area contributed by atoms with E-state index in [4.69, 9.17) is 0 Å². The van der Waals surface area contributed by atoms with Crippen molar-refractivity contribution in [3.05, 3.63) is 60.2 Å². The molecule has 1 N–H and O–H groups in total. The van der Waals surface area contributed by atoms with Crippen LogP contribution in [-0.4, -0.2) is 15.9 Å². The molecule has 0 unspecified atom stereocenters. The van der Waals surface area contributed by atoms with E-state index in [2.05, 4.69) is 15.3 Å². The molecule has 0 radical (unpaired) electrons. The van der Waals surface area contributed by atoms with Crippen LogP contribution < -0.4 is 5.32 Å². The Morgan fingerprint density at radius 2 is 1.74 bits per heavy atom. The van der Waals surface area contributed by atoms with Gasteiger partial charge in [0.05, 0.1) is 6.04 Å². The van der Waals surface area contributed by atoms with E-state index >= 15 is 0 Å². The van der Waals surface area contributed by atoms with E-state index < -0.39 is 0 Å². The van der Waals surface area contributed by atoms with Gasteiger partial charge in [-0.15, -0.1) is 0 Å². The second-order valence-corrected chi connectivity index (χ2v) is 4.83. The lowest BCUT2D eigenvalue weighted by atomic mass is 9.85. The molecule has 96 valence electrons. The Hall–Kier alpha value is -2.23. The lowest BCUT2D eigenvalue weighted by molar-refractivity contribution is -0.123. The van der Waals surface area contributed by atoms with Gasteiger partial charge in [0.2, 0.25) is 5.91 Å². The SMILES string of the molecule is O=C1C[C@H](c2cccnc2)C[C@@H](c2cccnc2)N1. The summed E-state index contributed by atoms with van der Waals surface area (Å²) in [7, 11) is 0. The average molecular weight is 253 g/mol. The Morgan fingerprint density at radius 1 is 1.05 bits per heavy atom. The molecule has 0 spiro atoms. The molecule has 1 aliphatic heterocycles. The molecule has 1 saturated heterocycles. The number of aromatic nitrogens is 2. The van der Waals surface area contributed by atoms with E-state index in [9.17, 15) is 4.79 Å². The zero-order valence-electron chi connectivity index (χ0n) is 10.5. The van der Waals surface area contributed by atoms with Crippen LogP contribution in [0.1, 0.15) is 35.9 Å². The number of carbonyl (C=O) groups is 1. The standard InChI is InChI=1S/C15H15N3O/c19-15-8-13(11-3-1-5-16-9-11)7-14(18-15)12-4-2-6-17-10-12/h1-6,9-10,13-14H,7-8H2,(H,18,19)/t13-,14+/m1/s1. The Balaban J connectivity index is 1.84. The fourth-order valence-corrected chi connectivity index (χ4v) is 2.58. The van der Waals surface area contributed by atoms with Crippen molar-refractivity contribution in [1.29, 1.82) is 0 Å². The monoisotopic (exact) mass is 253 g/mol. The van der Waals surface area contributed by atoms with Gasteiger partial charge in [-0.2, -0.15) is 0 Å². The molecule has 2 atom stereocenters. The van der Waals surface area contributed by atoms with Gasteiger partial charge in [0.25, 0.3) is 0 Å². The molecular formula is C15H15N3O. The topological polar surface area (TPSA) is 54.9 Å². The number of rotatable bonds is 2. The summed E-state index contributed by atoms with van der Waals surface area (Å²) in [4.78, 5) is 20.1. The molecule has 1 aliphatic rings. The van der Waals surface area contributed by atoms with Gasteiger partial charge in [-0.25, -0.2) is 0 Å². The van der Waals surface area contributed by atoms with Crippen molar-refractivity contribution >= 4 is 5.91 Å². The minimum Gasteiger partial charge on any atom is -0.349 e. The maximum Gasteiger partial charge on any atom is 0.221 e. The van der Waals surface area contributed by atoms with Crippen molar-refractivity contribution < 1.29 is 4.79 Å². The summed E-state index contributed by atoms with van der Waals surface area (Å²) < 4.78 is 0. The summed E-state index contributed by atoms with van der Waals surface area (Å²) in [6, 6.07) is 7.90. The number of hydrogen-bond donors (Lipinski definition) is 1. The summed E-state index contributed by atoms with van der Waals surface area (Å²) in [5, 5.41) is 3.03. The first-order valence-electron chi connectivity index (χ1n) is 6.42. The van der Waals surface area contributed by atoms with Gasteiger partial charge in [0.15, 0.2) is 0 Å². The molecule has 2 aromatic rings. The van der Waals surface area contributed by atoms with Gasteiger partial charge < -0.3 is 5.32 Å². The second-order valence-electron chi connectivity index (χ2n) is 4.83. The van der Waals surface area contributed by atoms with Crippen LogP contribution in [0, 0.1) is 0 Å². The zero-order valence-corrected chi connectivity index (χ0v) is 10.5. The Bertz CT molecular complexity index is 507. The van der Waals surface area contributed by atoms with Gasteiger partial charge >= 0.3 is 0 Å². The molecule has 3 heterocycles. The molecule has 1 amide bonds. The predicted molar refractivity (Wildman–Crippen MR) is 71.3 cm³/mol. The number of nitrogens with one attached hydrogen (secondary N) is 1. The Kier molecular flexibility index (Phi) is 3.23. The highest BCUT2D eigenvalue weighted by Crippen LogP contribution is 2.33. The molecular weight excluding hydrogens is 238 g/mol. The molecule has 1 fully saturated rings. The first kappa shape index (κ1) is 11.8. The smallest absolute Gasteiger partial charge is 0.221 e. The number of nitrogens with zero attached hydrogens (tertiary/aromatic N) is 2. The molecule has 0 saturated carbocycles. The highest BCUT2D eigenvalue weighted by atomic mass is 16.1. The van der Waals surface area contributed by atoms with E-state index in [1.165, 1.54) is 0 Å². The van der Waals surface area contributed by atoms with Crippen molar-refractivity contribution in [1.82, 2.24) is 15.3 Å². The fraction of sp³-hybridized carbons (Fsp3) is 0.267. The molecule has 0 aromatic carbocycles. The van der Waals surface area contributed by atoms with Crippen LogP contribution in [0.25, 0.3) is 0 Å². The number of pyridine rings is 2. The minimum absolute atomic E-state index is 0.0418. The third-order valence-electron chi connectivity index (χ3n) is 3.53. The number of carbonyl (C=O) groups excluding carboxylic acids is 1. The van der Waals surface area contributed by atoms with Crippen molar-refractivity contribution in [3.63, 3.8) is 0 Å². The first-order chi connectivity index (χ1) is 9.33. The summed E-state index contributed by atoms with van der Waals surface area (Å²) in [6.45, 7) is 0. The van der Waals surface area contributed by atoms with Crippen LogP contribution in [0.4, 0.5) is 0 Å². The van der Waals surface area contributed by atoms with E-state index in [1.807, 2.05) is 36.7 Å². The Morgan fingerprint density at radius 3 is 2.37 bits per heavy atom. The molecule has 0 bridgehead atoms. The lowest BCUT2D eigenvalue weighted by Crippen LogP contribution is -2.36. The van der Waals surface area contributed by atoms with Crippen molar-refractivity contribution in [2.45, 2.75) is 24.8 Å². The van der Waals surface area contributed by atoms with Gasteiger partial charge in [0.1, 0.15) is 0 Å². The van der Waals surface area contributed by atoms with E-state index in [1.54, 1.807) is 12.4 Å². The second kappa shape index (κ2) is 5.18. The highest BCUT2D eigenvalue weighted by Gasteiger charge is 2.28. The molecule has 3 rings (SSSR count). The predicted octanol–water partition coefficient (Wildman–Crippen LogP) is 2.21. The van der Waals surface area contributed by atoms with E-state index in [0.29, 0.717) is 6.42 Å². The molecule has 2 aromatic heterocycles. The normalized spacial score (nSPS) is 22.8. The van der Waals surface area contributed by atoms with Gasteiger partial charge in [-0.05, 0) is 35.6 Å². The lowest BCUT2D eigenvalue weighted by Gasteiger charge is -2.30. The van der Waals surface area contributed by atoms with Crippen LogP contribution in [0.5, 0.6) is 0 Å². The first-order valence-corrected chi connectivity index (χ1v) is 6.42. The van der Waals surface area contributed by atoms with E-state index in [0.717, 1.165) is 17.5 Å². The fourth-order valence-electron chi connectivity index (χ4n) is 2.58. The largest absolute Gasteiger partial charge is 0.349 e. The number of piperidine rings is 1. The summed E-state index contributed by atoms with van der Waals surface area (Å²) >= 11 is 0. The van der Waals surface area contributed by atoms with Crippen molar-refractivity contribution in [2.24, 2.45) is 0 Å². The van der Waals surface area contributed by atoms with Crippen molar-refractivity contribution in [3.8, 4) is 0 Å². The van der Waals surface area contributed by atoms with Crippen LogP contribution in [0.15, 0.2) is 49.1 Å². The molecule has 0 aliphatic carbocycles. The molecule has 4 nitrogen and oxygen atoms in total. The average Bonchev–Trinajstić information content (AvgIpc) is 2.48. The summed E-state index contributed by atoms with van der Waals surface area (Å²) in [5.41, 5.74) is 2.19. The zero-order chi connectivity index (χ0) is 13.1. The maximum atomic E-state index is 11.9. The summed E-state index contributed by atoms with van der Waals surface area (Å²) in [6.07, 6.45) is 8.59. The Labute approximate surface area is 111 Å². The van der Waals surface area contributed by atoms with Gasteiger partial charge in [-0.1, -0.05) is 12.1 Å². The number of hydrogen-bond acceptors (Lipinski definition) is 3. The highest BCUT2D eigenvalue weighted by molar-refractivity contribution is 5.78. The molecule has 4 heteroatoms. The van der Waals surface area contributed by atoms with Crippen LogP contribution in [0.3, 0.4) is 0 Å². The van der Waals surface area contributed by atoms with Gasteiger partial charge in [-0.3, -0.25) is 14.8 Å². The minimum atomic E-state index is 0.0418. The third-order valence-corrected chi connectivity index (χ3v) is 3.53. The third kappa shape index (κ3) is 2.62. The van der Waals surface area contributed by atoms with Gasteiger partial charge in [0, 0.05) is 31.2 Å².